The highest BCUT2D eigenvalue weighted by molar-refractivity contribution is 6.05. The lowest BCUT2D eigenvalue weighted by molar-refractivity contribution is -0.137. The number of halogens is 4. The SMILES string of the molecule is C=CNc1nccc(-c2cccnc2Oc2ccc(F)c(C(=O)Nc3cc(C(F)(F)F)ccc3CN3CC[C@@H](N(C=C)C=C)C3)c2)n1. The molecule has 0 aliphatic carbocycles. The molecule has 0 spiro atoms. The summed E-state index contributed by atoms with van der Waals surface area (Å²) in [5.41, 5.74) is -0.0664. The van der Waals surface area contributed by atoms with E-state index in [1.807, 2.05) is 4.90 Å². The maximum Gasteiger partial charge on any atom is 0.416 e. The Kier molecular flexibility index (Phi) is 9.95. The molecule has 0 bridgehead atoms. The average Bonchev–Trinajstić information content (AvgIpc) is 3.51. The lowest BCUT2D eigenvalue weighted by Gasteiger charge is -2.24. The van der Waals surface area contributed by atoms with Gasteiger partial charge in [0, 0.05) is 43.8 Å². The molecule has 2 aromatic heterocycles. The zero-order valence-corrected chi connectivity index (χ0v) is 25.2. The molecule has 0 radical (unpaired) electrons. The van der Waals surface area contributed by atoms with Crippen LogP contribution in [0.15, 0.2) is 105 Å². The number of carbonyl (C=O) groups is 1. The Balaban J connectivity index is 1.40. The molecule has 1 fully saturated rings. The van der Waals surface area contributed by atoms with Crippen LogP contribution in [0.3, 0.4) is 0 Å². The largest absolute Gasteiger partial charge is 0.438 e. The molecule has 0 unspecified atom stereocenters. The van der Waals surface area contributed by atoms with Crippen molar-refractivity contribution in [1.82, 2.24) is 24.8 Å². The van der Waals surface area contributed by atoms with Crippen molar-refractivity contribution in [3.63, 3.8) is 0 Å². The Morgan fingerprint density at radius 3 is 2.62 bits per heavy atom. The number of likely N-dealkylation sites (tertiary alicyclic amines) is 1. The van der Waals surface area contributed by atoms with Gasteiger partial charge < -0.3 is 20.3 Å². The van der Waals surface area contributed by atoms with Crippen molar-refractivity contribution >= 4 is 17.5 Å². The highest BCUT2D eigenvalue weighted by atomic mass is 19.4. The minimum Gasteiger partial charge on any atom is -0.438 e. The van der Waals surface area contributed by atoms with E-state index in [9.17, 15) is 18.0 Å². The third kappa shape index (κ3) is 7.82. The van der Waals surface area contributed by atoms with Gasteiger partial charge in [-0.1, -0.05) is 25.8 Å². The Bertz CT molecular complexity index is 1790. The van der Waals surface area contributed by atoms with Crippen molar-refractivity contribution < 1.29 is 27.1 Å². The van der Waals surface area contributed by atoms with Gasteiger partial charge in [0.15, 0.2) is 0 Å². The Hall–Kier alpha value is -5.56. The van der Waals surface area contributed by atoms with Gasteiger partial charge in [-0.05, 0) is 79.1 Å². The van der Waals surface area contributed by atoms with E-state index in [-0.39, 0.29) is 29.9 Å². The quantitative estimate of drug-likeness (QED) is 0.153. The number of carbonyl (C=O) groups excluding carboxylic acids is 1. The number of amides is 1. The molecule has 0 saturated carbocycles. The summed E-state index contributed by atoms with van der Waals surface area (Å²) in [5, 5.41) is 5.31. The topological polar surface area (TPSA) is 95.5 Å². The second-order valence-corrected chi connectivity index (χ2v) is 10.5. The standard InChI is InChI=1S/C34H31F4N7O2/c1-4-39-33-41-16-13-29(43-33)26-8-7-15-40-32(26)47-25-11-12-28(35)27(19-25)31(46)42-30-18-23(34(36,37)38)10-9-22(30)20-44-17-14-24(21-44)45(5-2)6-3/h4-13,15-16,18-19,24H,1-3,14,17,20-21H2,(H,42,46)(H,39,41,43)/t24-/m1/s1. The Labute approximate surface area is 268 Å². The summed E-state index contributed by atoms with van der Waals surface area (Å²) in [6, 6.07) is 11.8. The van der Waals surface area contributed by atoms with Gasteiger partial charge in [0.05, 0.1) is 22.4 Å². The number of benzene rings is 2. The van der Waals surface area contributed by atoms with Crippen molar-refractivity contribution in [3.05, 3.63) is 128 Å². The summed E-state index contributed by atoms with van der Waals surface area (Å²) >= 11 is 0. The monoisotopic (exact) mass is 645 g/mol. The van der Waals surface area contributed by atoms with Crippen molar-refractivity contribution in [3.8, 4) is 22.9 Å². The van der Waals surface area contributed by atoms with Crippen molar-refractivity contribution in [2.45, 2.75) is 25.2 Å². The normalized spacial score (nSPS) is 14.7. The van der Waals surface area contributed by atoms with Crippen LogP contribution in [0.1, 0.15) is 27.9 Å². The minimum atomic E-state index is -4.66. The zero-order chi connectivity index (χ0) is 33.6. The Morgan fingerprint density at radius 2 is 1.87 bits per heavy atom. The van der Waals surface area contributed by atoms with Crippen LogP contribution < -0.4 is 15.4 Å². The number of nitrogens with zero attached hydrogens (tertiary/aromatic N) is 5. The van der Waals surface area contributed by atoms with E-state index in [1.165, 1.54) is 30.7 Å². The lowest BCUT2D eigenvalue weighted by Crippen LogP contribution is -2.30. The number of nitrogens with one attached hydrogen (secondary N) is 2. The number of hydrogen-bond donors (Lipinski definition) is 2. The first-order valence-electron chi connectivity index (χ1n) is 14.5. The molecule has 3 heterocycles. The highest BCUT2D eigenvalue weighted by Crippen LogP contribution is 2.35. The van der Waals surface area contributed by atoms with Gasteiger partial charge >= 0.3 is 6.18 Å². The third-order valence-corrected chi connectivity index (χ3v) is 7.50. The third-order valence-electron chi connectivity index (χ3n) is 7.50. The van der Waals surface area contributed by atoms with E-state index in [4.69, 9.17) is 4.74 Å². The molecule has 2 N–H and O–H groups in total. The number of aromatic nitrogens is 3. The van der Waals surface area contributed by atoms with E-state index in [0.717, 1.165) is 30.7 Å². The zero-order valence-electron chi connectivity index (χ0n) is 25.2. The first-order chi connectivity index (χ1) is 22.6. The van der Waals surface area contributed by atoms with Crippen molar-refractivity contribution in [2.75, 3.05) is 23.7 Å². The fourth-order valence-electron chi connectivity index (χ4n) is 5.20. The molecular formula is C34H31F4N7O2. The van der Waals surface area contributed by atoms with Crippen LogP contribution in [0.5, 0.6) is 11.6 Å². The first kappa shape index (κ1) is 32.8. The van der Waals surface area contributed by atoms with Crippen LogP contribution in [0.2, 0.25) is 0 Å². The molecule has 5 rings (SSSR count). The molecule has 2 aromatic carbocycles. The van der Waals surface area contributed by atoms with Crippen LogP contribution in [-0.4, -0.2) is 49.8 Å². The molecule has 4 aromatic rings. The van der Waals surface area contributed by atoms with Gasteiger partial charge in [-0.15, -0.1) is 0 Å². The fourth-order valence-corrected chi connectivity index (χ4v) is 5.20. The molecule has 1 aliphatic heterocycles. The van der Waals surface area contributed by atoms with Crippen molar-refractivity contribution in [2.24, 2.45) is 0 Å². The predicted molar refractivity (Wildman–Crippen MR) is 171 cm³/mol. The number of ether oxygens (including phenoxy) is 1. The second kappa shape index (κ2) is 14.3. The van der Waals surface area contributed by atoms with E-state index in [1.54, 1.807) is 30.6 Å². The number of anilines is 2. The van der Waals surface area contributed by atoms with Crippen LogP contribution in [-0.2, 0) is 12.7 Å². The molecule has 242 valence electrons. The summed E-state index contributed by atoms with van der Waals surface area (Å²) in [7, 11) is 0. The summed E-state index contributed by atoms with van der Waals surface area (Å²) < 4.78 is 62.0. The van der Waals surface area contributed by atoms with Gasteiger partial charge in [0.2, 0.25) is 11.8 Å². The van der Waals surface area contributed by atoms with E-state index in [0.29, 0.717) is 35.9 Å². The number of alkyl halides is 3. The average molecular weight is 646 g/mol. The molecule has 1 atom stereocenters. The van der Waals surface area contributed by atoms with Crippen LogP contribution in [0.4, 0.5) is 29.2 Å². The number of pyridine rings is 1. The molecule has 13 heteroatoms. The molecule has 1 amide bonds. The molecule has 47 heavy (non-hydrogen) atoms. The van der Waals surface area contributed by atoms with Gasteiger partial charge in [-0.3, -0.25) is 9.69 Å². The fraction of sp³-hybridized carbons (Fsp3) is 0.176. The van der Waals surface area contributed by atoms with Gasteiger partial charge in [0.25, 0.3) is 5.91 Å². The van der Waals surface area contributed by atoms with Crippen molar-refractivity contribution in [1.29, 1.82) is 0 Å². The van der Waals surface area contributed by atoms with Crippen LogP contribution >= 0.6 is 0 Å². The highest BCUT2D eigenvalue weighted by Gasteiger charge is 2.32. The number of hydrogen-bond acceptors (Lipinski definition) is 8. The van der Waals surface area contributed by atoms with Gasteiger partial charge in [-0.25, -0.2) is 19.3 Å². The Morgan fingerprint density at radius 1 is 1.06 bits per heavy atom. The van der Waals surface area contributed by atoms with Crippen LogP contribution in [0.25, 0.3) is 11.3 Å². The van der Waals surface area contributed by atoms with Gasteiger partial charge in [-0.2, -0.15) is 13.2 Å². The summed E-state index contributed by atoms with van der Waals surface area (Å²) in [4.78, 5) is 30.1. The van der Waals surface area contributed by atoms with Gasteiger partial charge in [0.1, 0.15) is 11.6 Å². The van der Waals surface area contributed by atoms with E-state index in [2.05, 4.69) is 50.2 Å². The van der Waals surface area contributed by atoms with Crippen LogP contribution in [0, 0.1) is 5.82 Å². The smallest absolute Gasteiger partial charge is 0.416 e. The molecule has 1 aliphatic rings. The lowest BCUT2D eigenvalue weighted by atomic mass is 10.1. The molecular weight excluding hydrogens is 614 g/mol. The van der Waals surface area contributed by atoms with E-state index >= 15 is 4.39 Å². The second-order valence-electron chi connectivity index (χ2n) is 10.5. The summed E-state index contributed by atoms with van der Waals surface area (Å²) in [6.07, 6.45) is 3.92. The maximum absolute atomic E-state index is 15.0. The summed E-state index contributed by atoms with van der Waals surface area (Å²) in [6.45, 7) is 12.7. The minimum absolute atomic E-state index is 0.0661. The molecule has 9 nitrogen and oxygen atoms in total. The summed E-state index contributed by atoms with van der Waals surface area (Å²) in [5.74, 6) is -1.37. The maximum atomic E-state index is 15.0. The molecule has 1 saturated heterocycles. The predicted octanol–water partition coefficient (Wildman–Crippen LogP) is 7.46. The first-order valence-corrected chi connectivity index (χ1v) is 14.5. The van der Waals surface area contributed by atoms with E-state index < -0.39 is 29.0 Å². The number of rotatable bonds is 12.